The van der Waals surface area contributed by atoms with E-state index < -0.39 is 16.9 Å². The predicted octanol–water partition coefficient (Wildman–Crippen LogP) is 0.985. The molecule has 8 heteroatoms. The number of halogens is 1. The van der Waals surface area contributed by atoms with Gasteiger partial charge in [-0.25, -0.2) is 0 Å². The van der Waals surface area contributed by atoms with Crippen LogP contribution in [0.1, 0.15) is 10.4 Å². The monoisotopic (exact) mass is 288 g/mol. The van der Waals surface area contributed by atoms with E-state index in [0.717, 1.165) is 6.07 Å². The number of nitrogens with zero attached hydrogens (tertiary/aromatic N) is 1. The summed E-state index contributed by atoms with van der Waals surface area (Å²) in [5.74, 6) is -0.677. The van der Waals surface area contributed by atoms with Crippen LogP contribution in [0, 0.1) is 10.1 Å². The van der Waals surface area contributed by atoms with Crippen molar-refractivity contribution in [3.05, 3.63) is 38.9 Å². The number of aliphatic hydroxyl groups excluding tert-OH is 1. The Hall–Kier alpha value is -1.70. The first-order chi connectivity index (χ1) is 8.95. The Morgan fingerprint density at radius 3 is 2.89 bits per heavy atom. The Balaban J connectivity index is 2.81. The fourth-order valence-electron chi connectivity index (χ4n) is 1.41. The Morgan fingerprint density at radius 1 is 1.63 bits per heavy atom. The van der Waals surface area contributed by atoms with Gasteiger partial charge in [-0.05, 0) is 12.1 Å². The highest BCUT2D eigenvalue weighted by molar-refractivity contribution is 6.31. The number of nitro groups is 1. The minimum atomic E-state index is -0.882. The molecule has 1 amide bonds. The number of carbonyl (C=O) groups is 1. The van der Waals surface area contributed by atoms with Crippen LogP contribution in [0.4, 0.5) is 5.69 Å². The maximum absolute atomic E-state index is 11.8. The van der Waals surface area contributed by atoms with Gasteiger partial charge in [-0.15, -0.1) is 0 Å². The van der Waals surface area contributed by atoms with Crippen LogP contribution in [0.25, 0.3) is 0 Å². The Morgan fingerprint density at radius 2 is 2.32 bits per heavy atom. The third-order valence-electron chi connectivity index (χ3n) is 2.26. The number of hydrogen-bond acceptors (Lipinski definition) is 5. The van der Waals surface area contributed by atoms with Crippen LogP contribution < -0.4 is 5.32 Å². The van der Waals surface area contributed by atoms with Gasteiger partial charge in [-0.2, -0.15) is 0 Å². The molecular formula is C11H13ClN2O5. The standard InChI is InChI=1S/C11H13ClN2O5/c1-19-6-8(15)5-13-11(16)9-4-7(12)2-3-10(9)14(17)18/h2-4,8,15H,5-6H2,1H3,(H,13,16). The summed E-state index contributed by atoms with van der Waals surface area (Å²) >= 11 is 5.71. The quantitative estimate of drug-likeness (QED) is 0.600. The number of nitro benzene ring substituents is 1. The lowest BCUT2D eigenvalue weighted by molar-refractivity contribution is -0.385. The number of nitrogens with one attached hydrogen (secondary N) is 1. The number of carbonyl (C=O) groups excluding carboxylic acids is 1. The molecule has 0 spiro atoms. The molecule has 1 aromatic rings. The van der Waals surface area contributed by atoms with Crippen molar-refractivity contribution in [3.63, 3.8) is 0 Å². The number of ether oxygens (including phenoxy) is 1. The summed E-state index contributed by atoms with van der Waals surface area (Å²) in [4.78, 5) is 21.9. The van der Waals surface area contributed by atoms with Crippen molar-refractivity contribution >= 4 is 23.2 Å². The Kier molecular flexibility index (Phi) is 5.68. The van der Waals surface area contributed by atoms with Gasteiger partial charge in [0, 0.05) is 24.7 Å². The van der Waals surface area contributed by atoms with Gasteiger partial charge in [0.1, 0.15) is 5.56 Å². The molecule has 0 saturated heterocycles. The first kappa shape index (κ1) is 15.4. The average Bonchev–Trinajstić information content (AvgIpc) is 2.35. The van der Waals surface area contributed by atoms with Gasteiger partial charge in [-0.1, -0.05) is 11.6 Å². The molecule has 0 aliphatic carbocycles. The molecule has 0 bridgehead atoms. The van der Waals surface area contributed by atoms with Crippen molar-refractivity contribution in [1.29, 1.82) is 0 Å². The zero-order chi connectivity index (χ0) is 14.4. The predicted molar refractivity (Wildman–Crippen MR) is 68.3 cm³/mol. The smallest absolute Gasteiger partial charge is 0.282 e. The molecule has 2 N–H and O–H groups in total. The van der Waals surface area contributed by atoms with Crippen LogP contribution in [0.5, 0.6) is 0 Å². The van der Waals surface area contributed by atoms with Gasteiger partial charge in [0.2, 0.25) is 0 Å². The second-order valence-corrected chi connectivity index (χ2v) is 4.17. The summed E-state index contributed by atoms with van der Waals surface area (Å²) in [5.41, 5.74) is -0.495. The summed E-state index contributed by atoms with van der Waals surface area (Å²) in [6.45, 7) is -0.0196. The number of rotatable bonds is 6. The first-order valence-electron chi connectivity index (χ1n) is 5.35. The third-order valence-corrected chi connectivity index (χ3v) is 2.49. The zero-order valence-electron chi connectivity index (χ0n) is 10.1. The van der Waals surface area contributed by atoms with E-state index in [0.29, 0.717) is 0 Å². The van der Waals surface area contributed by atoms with E-state index in [1.54, 1.807) is 0 Å². The second kappa shape index (κ2) is 7.03. The number of benzene rings is 1. The molecule has 19 heavy (non-hydrogen) atoms. The fraction of sp³-hybridized carbons (Fsp3) is 0.364. The van der Waals surface area contributed by atoms with Crippen molar-refractivity contribution in [1.82, 2.24) is 5.32 Å². The van der Waals surface area contributed by atoms with Crippen molar-refractivity contribution in [2.24, 2.45) is 0 Å². The maximum atomic E-state index is 11.8. The highest BCUT2D eigenvalue weighted by Crippen LogP contribution is 2.22. The minimum Gasteiger partial charge on any atom is -0.389 e. The van der Waals surface area contributed by atoms with E-state index in [1.165, 1.54) is 19.2 Å². The van der Waals surface area contributed by atoms with Gasteiger partial charge >= 0.3 is 0 Å². The summed E-state index contributed by atoms with van der Waals surface area (Å²) in [6.07, 6.45) is -0.882. The van der Waals surface area contributed by atoms with Crippen molar-refractivity contribution in [2.75, 3.05) is 20.3 Å². The molecule has 1 unspecified atom stereocenters. The lowest BCUT2D eigenvalue weighted by Gasteiger charge is -2.11. The summed E-state index contributed by atoms with van der Waals surface area (Å²) in [5, 5.41) is 22.8. The molecular weight excluding hydrogens is 276 g/mol. The summed E-state index contributed by atoms with van der Waals surface area (Å²) in [7, 11) is 1.41. The Bertz CT molecular complexity index is 480. The molecule has 0 fully saturated rings. The van der Waals surface area contributed by atoms with E-state index in [4.69, 9.17) is 16.3 Å². The molecule has 1 rings (SSSR count). The normalized spacial score (nSPS) is 11.9. The summed E-state index contributed by atoms with van der Waals surface area (Å²) < 4.78 is 4.69. The van der Waals surface area contributed by atoms with Crippen molar-refractivity contribution < 1.29 is 19.6 Å². The lowest BCUT2D eigenvalue weighted by atomic mass is 10.1. The molecule has 104 valence electrons. The lowest BCUT2D eigenvalue weighted by Crippen LogP contribution is -2.34. The molecule has 0 saturated carbocycles. The van der Waals surface area contributed by atoms with E-state index in [1.807, 2.05) is 0 Å². The number of methoxy groups -OCH3 is 1. The zero-order valence-corrected chi connectivity index (χ0v) is 10.9. The molecule has 0 heterocycles. The fourth-order valence-corrected chi connectivity index (χ4v) is 1.58. The third kappa shape index (κ3) is 4.47. The molecule has 1 atom stereocenters. The van der Waals surface area contributed by atoms with Gasteiger partial charge in [0.15, 0.2) is 0 Å². The number of amides is 1. The molecule has 0 aromatic heterocycles. The molecule has 7 nitrogen and oxygen atoms in total. The number of hydrogen-bond donors (Lipinski definition) is 2. The molecule has 0 radical (unpaired) electrons. The van der Waals surface area contributed by atoms with Crippen LogP contribution >= 0.6 is 11.6 Å². The van der Waals surface area contributed by atoms with Crippen molar-refractivity contribution in [3.8, 4) is 0 Å². The highest BCUT2D eigenvalue weighted by Gasteiger charge is 2.20. The van der Waals surface area contributed by atoms with Gasteiger partial charge in [0.05, 0.1) is 17.6 Å². The van der Waals surface area contributed by atoms with Gasteiger partial charge in [-0.3, -0.25) is 14.9 Å². The van der Waals surface area contributed by atoms with Crippen molar-refractivity contribution in [2.45, 2.75) is 6.10 Å². The van der Waals surface area contributed by atoms with E-state index in [9.17, 15) is 20.0 Å². The SMILES string of the molecule is COCC(O)CNC(=O)c1cc(Cl)ccc1[N+](=O)[O-]. The molecule has 0 aliphatic heterocycles. The maximum Gasteiger partial charge on any atom is 0.282 e. The second-order valence-electron chi connectivity index (χ2n) is 3.74. The van der Waals surface area contributed by atoms with Crippen LogP contribution in [-0.4, -0.2) is 42.3 Å². The first-order valence-corrected chi connectivity index (χ1v) is 5.72. The molecule has 1 aromatic carbocycles. The van der Waals surface area contributed by atoms with Gasteiger partial charge in [0.25, 0.3) is 11.6 Å². The van der Waals surface area contributed by atoms with Crippen LogP contribution in [0.15, 0.2) is 18.2 Å². The minimum absolute atomic E-state index is 0.0535. The van der Waals surface area contributed by atoms with Crippen LogP contribution in [0.2, 0.25) is 5.02 Å². The Labute approximate surface area is 114 Å². The van der Waals surface area contributed by atoms with Gasteiger partial charge < -0.3 is 15.2 Å². The van der Waals surface area contributed by atoms with Crippen LogP contribution in [0.3, 0.4) is 0 Å². The largest absolute Gasteiger partial charge is 0.389 e. The van der Waals surface area contributed by atoms with E-state index in [2.05, 4.69) is 5.32 Å². The topological polar surface area (TPSA) is 102 Å². The highest BCUT2D eigenvalue weighted by atomic mass is 35.5. The average molecular weight is 289 g/mol. The van der Waals surface area contributed by atoms with E-state index in [-0.39, 0.29) is 29.4 Å². The van der Waals surface area contributed by atoms with Crippen LogP contribution in [-0.2, 0) is 4.74 Å². The number of aliphatic hydroxyl groups is 1. The molecule has 0 aliphatic rings. The van der Waals surface area contributed by atoms with E-state index >= 15 is 0 Å². The summed E-state index contributed by atoms with van der Waals surface area (Å²) in [6, 6.07) is 3.69.